The van der Waals surface area contributed by atoms with Gasteiger partial charge in [0.15, 0.2) is 11.8 Å². The maximum atomic E-state index is 4.85. The molecule has 6 heteroatoms. The molecule has 1 aliphatic carbocycles. The van der Waals surface area contributed by atoms with Gasteiger partial charge in [-0.2, -0.15) is 0 Å². The van der Waals surface area contributed by atoms with Crippen molar-refractivity contribution < 1.29 is 0 Å². The SMILES string of the molecule is Cc1nnc(CN=C(NC2CCCC2)NC(C)c2cccc3ccccc23)n1C. The molecule has 1 unspecified atom stereocenters. The summed E-state index contributed by atoms with van der Waals surface area (Å²) in [7, 11) is 1.98. The number of nitrogens with one attached hydrogen (secondary N) is 2. The van der Waals surface area contributed by atoms with Gasteiger partial charge in [0, 0.05) is 13.1 Å². The van der Waals surface area contributed by atoms with E-state index < -0.39 is 0 Å². The second-order valence-corrected chi connectivity index (χ2v) is 7.95. The molecular formula is C23H30N6. The number of guanidine groups is 1. The predicted octanol–water partition coefficient (Wildman–Crippen LogP) is 4.02. The highest BCUT2D eigenvalue weighted by molar-refractivity contribution is 5.87. The van der Waals surface area contributed by atoms with Crippen molar-refractivity contribution in [2.24, 2.45) is 12.0 Å². The molecule has 2 N–H and O–H groups in total. The maximum Gasteiger partial charge on any atom is 0.192 e. The summed E-state index contributed by atoms with van der Waals surface area (Å²) in [5.41, 5.74) is 1.28. The largest absolute Gasteiger partial charge is 0.354 e. The normalized spacial score (nSPS) is 16.3. The number of fused-ring (bicyclic) bond motifs is 1. The van der Waals surface area contributed by atoms with E-state index in [1.165, 1.54) is 42.0 Å². The predicted molar refractivity (Wildman–Crippen MR) is 118 cm³/mol. The third-order valence-electron chi connectivity index (χ3n) is 5.90. The Kier molecular flexibility index (Phi) is 5.79. The number of hydrogen-bond acceptors (Lipinski definition) is 3. The Morgan fingerprint density at radius 2 is 1.90 bits per heavy atom. The fraction of sp³-hybridized carbons (Fsp3) is 0.435. The van der Waals surface area contributed by atoms with Gasteiger partial charge in [-0.3, -0.25) is 0 Å². The van der Waals surface area contributed by atoms with Gasteiger partial charge in [0.1, 0.15) is 12.4 Å². The van der Waals surface area contributed by atoms with Gasteiger partial charge in [-0.15, -0.1) is 10.2 Å². The van der Waals surface area contributed by atoms with Crippen LogP contribution in [0.4, 0.5) is 0 Å². The van der Waals surface area contributed by atoms with Gasteiger partial charge in [-0.1, -0.05) is 55.3 Å². The first-order chi connectivity index (χ1) is 14.1. The molecule has 6 nitrogen and oxygen atoms in total. The molecule has 0 bridgehead atoms. The monoisotopic (exact) mass is 390 g/mol. The summed E-state index contributed by atoms with van der Waals surface area (Å²) >= 11 is 0. The highest BCUT2D eigenvalue weighted by Crippen LogP contribution is 2.24. The van der Waals surface area contributed by atoms with Crippen molar-refractivity contribution in [3.63, 3.8) is 0 Å². The summed E-state index contributed by atoms with van der Waals surface area (Å²) in [6.45, 7) is 4.65. The molecule has 152 valence electrons. The van der Waals surface area contributed by atoms with Crippen LogP contribution >= 0.6 is 0 Å². The lowest BCUT2D eigenvalue weighted by Crippen LogP contribution is -2.43. The molecule has 29 heavy (non-hydrogen) atoms. The molecule has 1 atom stereocenters. The minimum atomic E-state index is 0.134. The fourth-order valence-corrected chi connectivity index (χ4v) is 4.05. The summed E-state index contributed by atoms with van der Waals surface area (Å²) in [4.78, 5) is 4.85. The van der Waals surface area contributed by atoms with Crippen molar-refractivity contribution in [1.82, 2.24) is 25.4 Å². The highest BCUT2D eigenvalue weighted by atomic mass is 15.3. The summed E-state index contributed by atoms with van der Waals surface area (Å²) < 4.78 is 1.99. The molecule has 0 saturated heterocycles. The van der Waals surface area contributed by atoms with Crippen LogP contribution in [-0.2, 0) is 13.6 Å². The van der Waals surface area contributed by atoms with Crippen LogP contribution in [0.15, 0.2) is 47.5 Å². The van der Waals surface area contributed by atoms with E-state index in [4.69, 9.17) is 4.99 Å². The van der Waals surface area contributed by atoms with Crippen molar-refractivity contribution in [1.29, 1.82) is 0 Å². The maximum absolute atomic E-state index is 4.85. The fourth-order valence-electron chi connectivity index (χ4n) is 4.05. The summed E-state index contributed by atoms with van der Waals surface area (Å²) in [6.07, 6.45) is 4.97. The number of rotatable bonds is 5. The molecule has 0 amide bonds. The summed E-state index contributed by atoms with van der Waals surface area (Å²) in [5, 5.41) is 18.2. The van der Waals surface area contributed by atoms with Gasteiger partial charge in [0.25, 0.3) is 0 Å². The van der Waals surface area contributed by atoms with E-state index in [9.17, 15) is 0 Å². The lowest BCUT2D eigenvalue weighted by Gasteiger charge is -2.22. The molecule has 1 heterocycles. The molecule has 0 radical (unpaired) electrons. The molecule has 0 aliphatic heterocycles. The quantitative estimate of drug-likeness (QED) is 0.510. The van der Waals surface area contributed by atoms with Gasteiger partial charge in [-0.05, 0) is 43.0 Å². The molecule has 4 rings (SSSR count). The van der Waals surface area contributed by atoms with E-state index in [2.05, 4.69) is 70.2 Å². The molecular weight excluding hydrogens is 360 g/mol. The number of aliphatic imine (C=N–C) groups is 1. The van der Waals surface area contributed by atoms with Crippen LogP contribution in [0.5, 0.6) is 0 Å². The number of hydrogen-bond donors (Lipinski definition) is 2. The van der Waals surface area contributed by atoms with Crippen molar-refractivity contribution >= 4 is 16.7 Å². The lowest BCUT2D eigenvalue weighted by molar-refractivity contribution is 0.593. The molecule has 0 spiro atoms. The van der Waals surface area contributed by atoms with Crippen LogP contribution in [0.3, 0.4) is 0 Å². The van der Waals surface area contributed by atoms with Crippen LogP contribution < -0.4 is 10.6 Å². The van der Waals surface area contributed by atoms with E-state index in [1.54, 1.807) is 0 Å². The Morgan fingerprint density at radius 1 is 1.14 bits per heavy atom. The molecule has 1 saturated carbocycles. The average molecular weight is 391 g/mol. The standard InChI is InChI=1S/C23H30N6/c1-16(20-14-8-10-18-9-4-7-13-21(18)20)25-23(26-19-11-5-6-12-19)24-15-22-28-27-17(2)29(22)3/h4,7-10,13-14,16,19H,5-6,11-12,15H2,1-3H3,(H2,24,25,26). The van der Waals surface area contributed by atoms with E-state index in [0.29, 0.717) is 12.6 Å². The van der Waals surface area contributed by atoms with Crippen molar-refractivity contribution in [2.45, 2.75) is 58.2 Å². The second-order valence-electron chi connectivity index (χ2n) is 7.95. The highest BCUT2D eigenvalue weighted by Gasteiger charge is 2.18. The van der Waals surface area contributed by atoms with Crippen molar-refractivity contribution in [3.05, 3.63) is 59.7 Å². The Hall–Kier alpha value is -2.89. The van der Waals surface area contributed by atoms with E-state index in [-0.39, 0.29) is 6.04 Å². The number of nitrogens with zero attached hydrogens (tertiary/aromatic N) is 4. The van der Waals surface area contributed by atoms with Crippen LogP contribution in [0.1, 0.15) is 55.9 Å². The molecule has 1 aromatic heterocycles. The van der Waals surface area contributed by atoms with Crippen LogP contribution in [0, 0.1) is 6.92 Å². The zero-order valence-corrected chi connectivity index (χ0v) is 17.5. The Bertz CT molecular complexity index is 994. The van der Waals surface area contributed by atoms with E-state index in [0.717, 1.165) is 17.6 Å². The molecule has 1 aliphatic rings. The Morgan fingerprint density at radius 3 is 2.66 bits per heavy atom. The van der Waals surface area contributed by atoms with Crippen LogP contribution in [0.2, 0.25) is 0 Å². The van der Waals surface area contributed by atoms with Gasteiger partial charge >= 0.3 is 0 Å². The van der Waals surface area contributed by atoms with Crippen molar-refractivity contribution in [3.8, 4) is 0 Å². The lowest BCUT2D eigenvalue weighted by atomic mass is 10.00. The van der Waals surface area contributed by atoms with E-state index in [1.807, 2.05) is 18.5 Å². The summed E-state index contributed by atoms with van der Waals surface area (Å²) in [6, 6.07) is 15.6. The first-order valence-electron chi connectivity index (χ1n) is 10.5. The number of aromatic nitrogens is 3. The van der Waals surface area contributed by atoms with Crippen LogP contribution in [-0.4, -0.2) is 26.8 Å². The third kappa shape index (κ3) is 4.42. The van der Waals surface area contributed by atoms with Gasteiger partial charge in [-0.25, -0.2) is 4.99 Å². The summed E-state index contributed by atoms with van der Waals surface area (Å²) in [5.74, 6) is 2.61. The zero-order valence-electron chi connectivity index (χ0n) is 17.5. The number of aryl methyl sites for hydroxylation is 1. The minimum Gasteiger partial charge on any atom is -0.354 e. The first-order valence-corrected chi connectivity index (χ1v) is 10.5. The molecule has 3 aromatic rings. The van der Waals surface area contributed by atoms with Crippen molar-refractivity contribution in [2.75, 3.05) is 0 Å². The first kappa shape index (κ1) is 19.4. The van der Waals surface area contributed by atoms with E-state index >= 15 is 0 Å². The second kappa shape index (κ2) is 8.64. The number of benzene rings is 2. The van der Waals surface area contributed by atoms with Gasteiger partial charge < -0.3 is 15.2 Å². The topological polar surface area (TPSA) is 67.1 Å². The zero-order chi connectivity index (χ0) is 20.2. The Labute approximate surface area is 172 Å². The van der Waals surface area contributed by atoms with Gasteiger partial charge in [0.05, 0.1) is 6.04 Å². The third-order valence-corrected chi connectivity index (χ3v) is 5.90. The molecule has 2 aromatic carbocycles. The Balaban J connectivity index is 1.56. The van der Waals surface area contributed by atoms with Crippen LogP contribution in [0.25, 0.3) is 10.8 Å². The average Bonchev–Trinajstić information content (AvgIpc) is 3.36. The minimum absolute atomic E-state index is 0.134. The molecule has 1 fully saturated rings. The van der Waals surface area contributed by atoms with Gasteiger partial charge in [0.2, 0.25) is 0 Å². The smallest absolute Gasteiger partial charge is 0.192 e.